The van der Waals surface area contributed by atoms with Crippen LogP contribution in [0.5, 0.6) is 0 Å². The monoisotopic (exact) mass is 236 g/mol. The van der Waals surface area contributed by atoms with Crippen LogP contribution in [0.2, 0.25) is 5.15 Å². The number of hydrogen-bond acceptors (Lipinski definition) is 3. The van der Waals surface area contributed by atoms with Crippen molar-refractivity contribution in [2.45, 2.75) is 6.92 Å². The largest absolute Gasteiger partial charge is 0.356 e. The minimum atomic E-state index is 0.307. The highest BCUT2D eigenvalue weighted by Gasteiger charge is 2.52. The Labute approximate surface area is 99.4 Å². The standard InChI is InChI=1S/C12H13ClN2O/c1-7-9-4-15(5-10(7)9)11-3-2-8(6-16)12(13)14-11/h2-3,6-7,9-10H,4-5H2,1H3/t7?,9-,10+. The number of anilines is 1. The number of nitrogens with zero attached hydrogens (tertiary/aromatic N) is 2. The molecule has 1 unspecified atom stereocenters. The summed E-state index contributed by atoms with van der Waals surface area (Å²) in [5, 5.41) is 0.307. The molecule has 2 fully saturated rings. The maximum absolute atomic E-state index is 10.6. The van der Waals surface area contributed by atoms with Gasteiger partial charge in [0.2, 0.25) is 0 Å². The average Bonchev–Trinajstić information content (AvgIpc) is 2.75. The van der Waals surface area contributed by atoms with Gasteiger partial charge in [-0.05, 0) is 29.9 Å². The number of carbonyl (C=O) groups is 1. The number of rotatable bonds is 2. The van der Waals surface area contributed by atoms with Gasteiger partial charge in [0.25, 0.3) is 0 Å². The highest BCUT2D eigenvalue weighted by Crippen LogP contribution is 2.51. The van der Waals surface area contributed by atoms with E-state index in [1.807, 2.05) is 6.07 Å². The molecule has 3 nitrogen and oxygen atoms in total. The Morgan fingerprint density at radius 1 is 1.44 bits per heavy atom. The molecule has 0 N–H and O–H groups in total. The van der Waals surface area contributed by atoms with Crippen molar-refractivity contribution in [3.8, 4) is 0 Å². The van der Waals surface area contributed by atoms with E-state index in [0.717, 1.165) is 42.9 Å². The Kier molecular flexibility index (Phi) is 2.18. The molecule has 1 aliphatic carbocycles. The molecule has 2 heterocycles. The van der Waals surface area contributed by atoms with Crippen LogP contribution in [-0.2, 0) is 0 Å². The fraction of sp³-hybridized carbons (Fsp3) is 0.500. The molecule has 1 saturated heterocycles. The van der Waals surface area contributed by atoms with E-state index in [1.165, 1.54) is 0 Å². The Hall–Kier alpha value is -1.09. The van der Waals surface area contributed by atoms with E-state index in [-0.39, 0.29) is 0 Å². The quantitative estimate of drug-likeness (QED) is 0.583. The maximum Gasteiger partial charge on any atom is 0.153 e. The third kappa shape index (κ3) is 1.42. The lowest BCUT2D eigenvalue weighted by Gasteiger charge is -2.20. The van der Waals surface area contributed by atoms with Crippen molar-refractivity contribution in [2.75, 3.05) is 18.0 Å². The number of fused-ring (bicyclic) bond motifs is 1. The van der Waals surface area contributed by atoms with E-state index < -0.39 is 0 Å². The van der Waals surface area contributed by atoms with Crippen LogP contribution in [0.4, 0.5) is 5.82 Å². The second-order valence-electron chi connectivity index (χ2n) is 4.76. The van der Waals surface area contributed by atoms with Crippen molar-refractivity contribution in [3.05, 3.63) is 22.8 Å². The summed E-state index contributed by atoms with van der Waals surface area (Å²) < 4.78 is 0. The van der Waals surface area contributed by atoms with Crippen LogP contribution in [0.1, 0.15) is 17.3 Å². The second-order valence-corrected chi connectivity index (χ2v) is 5.12. The minimum absolute atomic E-state index is 0.307. The van der Waals surface area contributed by atoms with Gasteiger partial charge in [0.1, 0.15) is 11.0 Å². The average molecular weight is 237 g/mol. The normalized spacial score (nSPS) is 31.4. The van der Waals surface area contributed by atoms with Crippen molar-refractivity contribution in [3.63, 3.8) is 0 Å². The maximum atomic E-state index is 10.6. The van der Waals surface area contributed by atoms with Crippen LogP contribution in [0.15, 0.2) is 12.1 Å². The van der Waals surface area contributed by atoms with Gasteiger partial charge in [-0.2, -0.15) is 0 Å². The SMILES string of the molecule is CC1[C@H]2CN(c3ccc(C=O)c(Cl)n3)C[C@@H]12. The number of pyridine rings is 1. The van der Waals surface area contributed by atoms with Crippen LogP contribution in [0, 0.1) is 17.8 Å². The molecule has 2 aliphatic rings. The van der Waals surface area contributed by atoms with Crippen LogP contribution < -0.4 is 4.90 Å². The van der Waals surface area contributed by atoms with Gasteiger partial charge in [-0.15, -0.1) is 0 Å². The van der Waals surface area contributed by atoms with Crippen molar-refractivity contribution in [1.82, 2.24) is 4.98 Å². The van der Waals surface area contributed by atoms with Gasteiger partial charge < -0.3 is 4.90 Å². The first-order chi connectivity index (χ1) is 7.70. The smallest absolute Gasteiger partial charge is 0.153 e. The van der Waals surface area contributed by atoms with E-state index in [1.54, 1.807) is 6.07 Å². The Balaban J connectivity index is 1.81. The number of halogens is 1. The summed E-state index contributed by atoms with van der Waals surface area (Å²) in [7, 11) is 0. The number of aromatic nitrogens is 1. The minimum Gasteiger partial charge on any atom is -0.356 e. The fourth-order valence-electron chi connectivity index (χ4n) is 2.71. The van der Waals surface area contributed by atoms with Crippen LogP contribution in [0.3, 0.4) is 0 Å². The van der Waals surface area contributed by atoms with Crippen molar-refractivity contribution in [2.24, 2.45) is 17.8 Å². The third-order valence-corrected chi connectivity index (χ3v) is 4.24. The molecule has 1 aliphatic heterocycles. The van der Waals surface area contributed by atoms with Gasteiger partial charge in [-0.3, -0.25) is 4.79 Å². The summed E-state index contributed by atoms with van der Waals surface area (Å²) in [6, 6.07) is 3.62. The number of hydrogen-bond donors (Lipinski definition) is 0. The molecule has 1 aromatic rings. The van der Waals surface area contributed by atoms with Crippen LogP contribution in [0.25, 0.3) is 0 Å². The highest BCUT2D eigenvalue weighted by atomic mass is 35.5. The molecular weight excluding hydrogens is 224 g/mol. The van der Waals surface area contributed by atoms with Crippen LogP contribution in [-0.4, -0.2) is 24.4 Å². The van der Waals surface area contributed by atoms with Gasteiger partial charge in [-0.25, -0.2) is 4.98 Å². The predicted molar refractivity (Wildman–Crippen MR) is 63.0 cm³/mol. The van der Waals surface area contributed by atoms with Crippen molar-refractivity contribution >= 4 is 23.7 Å². The fourth-order valence-corrected chi connectivity index (χ4v) is 2.90. The Morgan fingerprint density at radius 2 is 2.12 bits per heavy atom. The molecule has 0 amide bonds. The van der Waals surface area contributed by atoms with Gasteiger partial charge in [0.15, 0.2) is 6.29 Å². The Morgan fingerprint density at radius 3 is 2.69 bits per heavy atom. The summed E-state index contributed by atoms with van der Waals surface area (Å²) in [5.74, 6) is 3.45. The number of piperidine rings is 1. The lowest BCUT2D eigenvalue weighted by Crippen LogP contribution is -2.24. The topological polar surface area (TPSA) is 33.2 Å². The Bertz CT molecular complexity index is 437. The lowest BCUT2D eigenvalue weighted by molar-refractivity contribution is 0.112. The number of carbonyl (C=O) groups excluding carboxylic acids is 1. The predicted octanol–water partition coefficient (Wildman–Crippen LogP) is 2.25. The molecule has 1 saturated carbocycles. The lowest BCUT2D eigenvalue weighted by atomic mass is 10.2. The van der Waals surface area contributed by atoms with Gasteiger partial charge in [0.05, 0.1) is 5.56 Å². The zero-order chi connectivity index (χ0) is 11.3. The molecule has 3 atom stereocenters. The molecule has 84 valence electrons. The second kappa shape index (κ2) is 3.45. The molecule has 0 bridgehead atoms. The highest BCUT2D eigenvalue weighted by molar-refractivity contribution is 6.31. The molecule has 4 heteroatoms. The van der Waals surface area contributed by atoms with Crippen molar-refractivity contribution in [1.29, 1.82) is 0 Å². The number of aldehydes is 1. The summed E-state index contributed by atoms with van der Waals surface area (Å²) >= 11 is 5.92. The molecular formula is C12H13ClN2O. The summed E-state index contributed by atoms with van der Waals surface area (Å²) in [6.07, 6.45) is 0.739. The summed E-state index contributed by atoms with van der Waals surface area (Å²) in [5.41, 5.74) is 0.461. The third-order valence-electron chi connectivity index (χ3n) is 3.94. The van der Waals surface area contributed by atoms with E-state index in [0.29, 0.717) is 10.7 Å². The summed E-state index contributed by atoms with van der Waals surface area (Å²) in [6.45, 7) is 4.47. The van der Waals surface area contributed by atoms with E-state index >= 15 is 0 Å². The zero-order valence-electron chi connectivity index (χ0n) is 9.06. The van der Waals surface area contributed by atoms with Gasteiger partial charge in [0, 0.05) is 13.1 Å². The van der Waals surface area contributed by atoms with E-state index in [9.17, 15) is 4.79 Å². The van der Waals surface area contributed by atoms with Crippen molar-refractivity contribution < 1.29 is 4.79 Å². The van der Waals surface area contributed by atoms with Gasteiger partial charge >= 0.3 is 0 Å². The van der Waals surface area contributed by atoms with E-state index in [4.69, 9.17) is 11.6 Å². The molecule has 0 radical (unpaired) electrons. The summed E-state index contributed by atoms with van der Waals surface area (Å²) in [4.78, 5) is 17.1. The van der Waals surface area contributed by atoms with E-state index in [2.05, 4.69) is 16.8 Å². The van der Waals surface area contributed by atoms with Gasteiger partial charge in [-0.1, -0.05) is 18.5 Å². The molecule has 16 heavy (non-hydrogen) atoms. The molecule has 1 aromatic heterocycles. The first-order valence-corrected chi connectivity index (χ1v) is 5.95. The zero-order valence-corrected chi connectivity index (χ0v) is 9.81. The first-order valence-electron chi connectivity index (χ1n) is 5.57. The molecule has 0 aromatic carbocycles. The van der Waals surface area contributed by atoms with Crippen LogP contribution >= 0.6 is 11.6 Å². The molecule has 3 rings (SSSR count). The first kappa shape index (κ1) is 10.1. The molecule has 0 spiro atoms.